The molecule has 1 saturated heterocycles. The summed E-state index contributed by atoms with van der Waals surface area (Å²) >= 11 is 0. The smallest absolute Gasteiger partial charge is 0.119 e. The second kappa shape index (κ2) is 8.14. The van der Waals surface area contributed by atoms with Crippen LogP contribution in [-0.4, -0.2) is 30.6 Å². The molecular formula is C20H26N2O. The van der Waals surface area contributed by atoms with Crippen LogP contribution in [0.1, 0.15) is 24.0 Å². The van der Waals surface area contributed by atoms with Crippen molar-refractivity contribution in [2.45, 2.75) is 31.8 Å². The summed E-state index contributed by atoms with van der Waals surface area (Å²) in [6.07, 6.45) is 3.31. The van der Waals surface area contributed by atoms with Crippen molar-refractivity contribution in [1.29, 1.82) is 0 Å². The minimum atomic E-state index is 0.337. The van der Waals surface area contributed by atoms with Crippen molar-refractivity contribution < 1.29 is 4.74 Å². The van der Waals surface area contributed by atoms with Crippen LogP contribution in [0.5, 0.6) is 5.75 Å². The third-order valence-electron chi connectivity index (χ3n) is 4.37. The molecule has 0 amide bonds. The average Bonchev–Trinajstić information content (AvgIpc) is 2.58. The first kappa shape index (κ1) is 16.0. The highest BCUT2D eigenvalue weighted by atomic mass is 16.5. The summed E-state index contributed by atoms with van der Waals surface area (Å²) in [5.74, 6) is 0.944. The van der Waals surface area contributed by atoms with Crippen LogP contribution < -0.4 is 10.5 Å². The Morgan fingerprint density at radius 2 is 1.78 bits per heavy atom. The van der Waals surface area contributed by atoms with Gasteiger partial charge >= 0.3 is 0 Å². The van der Waals surface area contributed by atoms with Gasteiger partial charge in [-0.2, -0.15) is 0 Å². The van der Waals surface area contributed by atoms with E-state index in [0.29, 0.717) is 12.6 Å². The first-order valence-corrected chi connectivity index (χ1v) is 8.53. The van der Waals surface area contributed by atoms with E-state index in [-0.39, 0.29) is 0 Å². The van der Waals surface area contributed by atoms with Crippen molar-refractivity contribution in [3.05, 3.63) is 65.7 Å². The average molecular weight is 310 g/mol. The van der Waals surface area contributed by atoms with Crippen LogP contribution in [0.4, 0.5) is 0 Å². The summed E-state index contributed by atoms with van der Waals surface area (Å²) in [5, 5.41) is 0. The Balaban J connectivity index is 1.45. The summed E-state index contributed by atoms with van der Waals surface area (Å²) in [6.45, 7) is 3.86. The van der Waals surface area contributed by atoms with Gasteiger partial charge in [-0.15, -0.1) is 0 Å². The number of nitrogens with zero attached hydrogens (tertiary/aromatic N) is 1. The molecule has 0 bridgehead atoms. The lowest BCUT2D eigenvalue weighted by atomic mass is 10.1. The van der Waals surface area contributed by atoms with Crippen LogP contribution in [0.15, 0.2) is 54.6 Å². The van der Waals surface area contributed by atoms with E-state index in [0.717, 1.165) is 38.2 Å². The van der Waals surface area contributed by atoms with Gasteiger partial charge in [0.05, 0.1) is 6.61 Å². The van der Waals surface area contributed by atoms with Crippen molar-refractivity contribution in [2.24, 2.45) is 5.73 Å². The van der Waals surface area contributed by atoms with Gasteiger partial charge in [0.25, 0.3) is 0 Å². The second-order valence-corrected chi connectivity index (χ2v) is 6.37. The minimum Gasteiger partial charge on any atom is -0.493 e. The van der Waals surface area contributed by atoms with E-state index < -0.39 is 0 Å². The first-order valence-electron chi connectivity index (χ1n) is 8.53. The molecule has 1 aliphatic rings. The number of benzene rings is 2. The number of likely N-dealkylation sites (tertiary alicyclic amines) is 1. The van der Waals surface area contributed by atoms with E-state index in [9.17, 15) is 0 Å². The van der Waals surface area contributed by atoms with Crippen molar-refractivity contribution in [3.63, 3.8) is 0 Å². The summed E-state index contributed by atoms with van der Waals surface area (Å²) in [6, 6.07) is 19.3. The van der Waals surface area contributed by atoms with E-state index in [4.69, 9.17) is 10.5 Å². The van der Waals surface area contributed by atoms with Gasteiger partial charge in [0, 0.05) is 25.6 Å². The maximum absolute atomic E-state index is 6.04. The Hall–Kier alpha value is -1.84. The van der Waals surface area contributed by atoms with Gasteiger partial charge in [0.15, 0.2) is 0 Å². The number of ether oxygens (including phenoxy) is 1. The second-order valence-electron chi connectivity index (χ2n) is 6.37. The fraction of sp³-hybridized carbons (Fsp3) is 0.400. The Morgan fingerprint density at radius 3 is 2.52 bits per heavy atom. The van der Waals surface area contributed by atoms with Crippen LogP contribution in [0.25, 0.3) is 0 Å². The van der Waals surface area contributed by atoms with Crippen LogP contribution >= 0.6 is 0 Å². The van der Waals surface area contributed by atoms with E-state index in [2.05, 4.69) is 53.4 Å². The quantitative estimate of drug-likeness (QED) is 0.890. The fourth-order valence-corrected chi connectivity index (χ4v) is 3.12. The van der Waals surface area contributed by atoms with Gasteiger partial charge in [-0.05, 0) is 42.6 Å². The van der Waals surface area contributed by atoms with Crippen LogP contribution in [0.2, 0.25) is 0 Å². The van der Waals surface area contributed by atoms with Gasteiger partial charge in [0.1, 0.15) is 5.75 Å². The van der Waals surface area contributed by atoms with Gasteiger partial charge < -0.3 is 10.5 Å². The topological polar surface area (TPSA) is 38.5 Å². The monoisotopic (exact) mass is 310 g/mol. The van der Waals surface area contributed by atoms with Crippen molar-refractivity contribution >= 4 is 0 Å². The minimum absolute atomic E-state index is 0.337. The molecule has 2 N–H and O–H groups in total. The normalized spacial score (nSPS) is 18.7. The predicted molar refractivity (Wildman–Crippen MR) is 94.6 cm³/mol. The zero-order valence-electron chi connectivity index (χ0n) is 13.7. The Bertz CT molecular complexity index is 582. The SMILES string of the molecule is N[C@@H]1CCCN(Cc2ccc(OCCc3ccccc3)cc2)C1. The molecule has 0 radical (unpaired) electrons. The van der Waals surface area contributed by atoms with Gasteiger partial charge in [0.2, 0.25) is 0 Å². The van der Waals surface area contributed by atoms with Gasteiger partial charge in [-0.25, -0.2) is 0 Å². The Labute approximate surface area is 139 Å². The molecule has 2 aromatic carbocycles. The molecule has 3 heteroatoms. The first-order chi connectivity index (χ1) is 11.3. The van der Waals surface area contributed by atoms with E-state index in [1.807, 2.05) is 6.07 Å². The van der Waals surface area contributed by atoms with Crippen molar-refractivity contribution in [1.82, 2.24) is 4.90 Å². The van der Waals surface area contributed by atoms with E-state index in [1.54, 1.807) is 0 Å². The zero-order chi connectivity index (χ0) is 15.9. The number of nitrogens with two attached hydrogens (primary N) is 1. The maximum Gasteiger partial charge on any atom is 0.119 e. The highest BCUT2D eigenvalue weighted by Crippen LogP contribution is 2.16. The zero-order valence-corrected chi connectivity index (χ0v) is 13.7. The number of hydrogen-bond acceptors (Lipinski definition) is 3. The lowest BCUT2D eigenvalue weighted by Crippen LogP contribution is -2.42. The van der Waals surface area contributed by atoms with Gasteiger partial charge in [-0.3, -0.25) is 4.90 Å². The molecule has 23 heavy (non-hydrogen) atoms. The molecule has 2 aromatic rings. The molecule has 0 spiro atoms. The summed E-state index contributed by atoms with van der Waals surface area (Å²) in [5.41, 5.74) is 8.68. The standard InChI is InChI=1S/C20H26N2O/c21-19-7-4-13-22(16-19)15-18-8-10-20(11-9-18)23-14-12-17-5-2-1-3-6-17/h1-3,5-6,8-11,19H,4,7,12-16,21H2/t19-/m1/s1. The Morgan fingerprint density at radius 1 is 1.00 bits per heavy atom. The molecule has 122 valence electrons. The predicted octanol–water partition coefficient (Wildman–Crippen LogP) is 3.23. The summed E-state index contributed by atoms with van der Waals surface area (Å²) in [7, 11) is 0. The third kappa shape index (κ3) is 5.08. The molecule has 0 saturated carbocycles. The molecule has 3 rings (SSSR count). The molecule has 0 aromatic heterocycles. The lowest BCUT2D eigenvalue weighted by molar-refractivity contribution is 0.201. The van der Waals surface area contributed by atoms with Gasteiger partial charge in [-0.1, -0.05) is 42.5 Å². The molecule has 3 nitrogen and oxygen atoms in total. The molecule has 1 fully saturated rings. The highest BCUT2D eigenvalue weighted by Gasteiger charge is 2.16. The Kier molecular flexibility index (Phi) is 5.67. The summed E-state index contributed by atoms with van der Waals surface area (Å²) in [4.78, 5) is 2.44. The molecular weight excluding hydrogens is 284 g/mol. The summed E-state index contributed by atoms with van der Waals surface area (Å²) < 4.78 is 5.84. The van der Waals surface area contributed by atoms with Crippen LogP contribution in [0.3, 0.4) is 0 Å². The lowest BCUT2D eigenvalue weighted by Gasteiger charge is -2.30. The third-order valence-corrected chi connectivity index (χ3v) is 4.37. The number of piperidine rings is 1. The fourth-order valence-electron chi connectivity index (χ4n) is 3.12. The van der Waals surface area contributed by atoms with Crippen LogP contribution in [0, 0.1) is 0 Å². The molecule has 1 atom stereocenters. The molecule has 0 aliphatic carbocycles. The maximum atomic E-state index is 6.04. The van der Waals surface area contributed by atoms with Crippen molar-refractivity contribution in [2.75, 3.05) is 19.7 Å². The molecule has 1 heterocycles. The molecule has 1 aliphatic heterocycles. The number of hydrogen-bond donors (Lipinski definition) is 1. The number of rotatable bonds is 6. The van der Waals surface area contributed by atoms with E-state index in [1.165, 1.54) is 17.5 Å². The largest absolute Gasteiger partial charge is 0.493 e. The molecule has 0 unspecified atom stereocenters. The van der Waals surface area contributed by atoms with Crippen molar-refractivity contribution in [3.8, 4) is 5.75 Å². The van der Waals surface area contributed by atoms with Crippen LogP contribution in [-0.2, 0) is 13.0 Å². The van der Waals surface area contributed by atoms with E-state index >= 15 is 0 Å². The highest BCUT2D eigenvalue weighted by molar-refractivity contribution is 5.27.